The third-order valence-corrected chi connectivity index (χ3v) is 4.10. The van der Waals surface area contributed by atoms with Crippen molar-refractivity contribution in [1.29, 1.82) is 0 Å². The van der Waals surface area contributed by atoms with Gasteiger partial charge in [-0.2, -0.15) is 0 Å². The molecule has 84 valence electrons. The number of benzene rings is 1. The molecule has 1 atom stereocenters. The van der Waals surface area contributed by atoms with E-state index in [1.165, 1.54) is 14.2 Å². The third kappa shape index (κ3) is 2.67. The van der Waals surface area contributed by atoms with Crippen molar-refractivity contribution in [3.8, 4) is 0 Å². The average molecular weight is 230 g/mol. The fraction of sp³-hybridized carbons (Fsp3) is 0.400. The highest BCUT2D eigenvalue weighted by Crippen LogP contribution is 2.58. The predicted octanol–water partition coefficient (Wildman–Crippen LogP) is 2.47. The van der Waals surface area contributed by atoms with Gasteiger partial charge in [-0.3, -0.25) is 4.57 Å². The van der Waals surface area contributed by atoms with Crippen molar-refractivity contribution in [1.82, 2.24) is 0 Å². The molecule has 0 heterocycles. The van der Waals surface area contributed by atoms with Gasteiger partial charge in [0.2, 0.25) is 0 Å². The minimum atomic E-state index is -3.45. The monoisotopic (exact) mass is 230 g/mol. The number of hydrogen-bond donors (Lipinski definition) is 1. The topological polar surface area (TPSA) is 55.8 Å². The Morgan fingerprint density at radius 2 is 1.67 bits per heavy atom. The molecule has 0 amide bonds. The van der Waals surface area contributed by atoms with Crippen LogP contribution in [-0.4, -0.2) is 19.3 Å². The second-order valence-electron chi connectivity index (χ2n) is 3.19. The van der Waals surface area contributed by atoms with E-state index >= 15 is 0 Å². The largest absolute Gasteiger partial charge is 0.376 e. The molecule has 0 bridgehead atoms. The highest BCUT2D eigenvalue weighted by molar-refractivity contribution is 7.53. The zero-order valence-electron chi connectivity index (χ0n) is 9.01. The Morgan fingerprint density at radius 1 is 1.20 bits per heavy atom. The maximum absolute atomic E-state index is 11.8. The highest BCUT2D eigenvalue weighted by atomic mass is 31.2. The summed E-state index contributed by atoms with van der Waals surface area (Å²) in [5.41, 5.74) is 1.59. The van der Waals surface area contributed by atoms with E-state index in [9.17, 15) is 9.67 Å². The first-order valence-electron chi connectivity index (χ1n) is 4.49. The van der Waals surface area contributed by atoms with Gasteiger partial charge in [-0.15, -0.1) is 0 Å². The maximum atomic E-state index is 11.8. The van der Waals surface area contributed by atoms with Gasteiger partial charge in [0.05, 0.1) is 0 Å². The molecule has 0 saturated carbocycles. The van der Waals surface area contributed by atoms with E-state index < -0.39 is 13.4 Å². The molecule has 0 spiro atoms. The molecule has 4 nitrogen and oxygen atoms in total. The molecule has 1 rings (SSSR count). The highest BCUT2D eigenvalue weighted by Gasteiger charge is 2.33. The standard InChI is InChI=1S/C10H15O4P/c1-8-4-6-9(7-5-8)10(11)15(12,13-2)14-3/h4-7,10-11H,1-3H3/t10-/m0/s1. The van der Waals surface area contributed by atoms with E-state index in [0.29, 0.717) is 5.56 Å². The van der Waals surface area contributed by atoms with Crippen molar-refractivity contribution in [3.63, 3.8) is 0 Å². The van der Waals surface area contributed by atoms with Gasteiger partial charge in [0.25, 0.3) is 0 Å². The Kier molecular flexibility index (Phi) is 4.05. The number of hydrogen-bond acceptors (Lipinski definition) is 4. The third-order valence-electron chi connectivity index (χ3n) is 2.18. The van der Waals surface area contributed by atoms with Gasteiger partial charge in [-0.1, -0.05) is 29.8 Å². The summed E-state index contributed by atoms with van der Waals surface area (Å²) >= 11 is 0. The van der Waals surface area contributed by atoms with Gasteiger partial charge in [0, 0.05) is 14.2 Å². The first-order chi connectivity index (χ1) is 7.03. The molecule has 1 N–H and O–H groups in total. The van der Waals surface area contributed by atoms with Crippen molar-refractivity contribution in [2.24, 2.45) is 0 Å². The van der Waals surface area contributed by atoms with Gasteiger partial charge >= 0.3 is 7.60 Å². The van der Waals surface area contributed by atoms with Crippen LogP contribution in [-0.2, 0) is 13.6 Å². The Morgan fingerprint density at radius 3 is 2.07 bits per heavy atom. The summed E-state index contributed by atoms with van der Waals surface area (Å²) in [5.74, 6) is -1.24. The van der Waals surface area contributed by atoms with Gasteiger partial charge in [0.1, 0.15) is 0 Å². The zero-order valence-corrected chi connectivity index (χ0v) is 9.90. The second-order valence-corrected chi connectivity index (χ2v) is 5.49. The summed E-state index contributed by atoms with van der Waals surface area (Å²) < 4.78 is 21.3. The Balaban J connectivity index is 2.98. The molecule has 0 unspecified atom stereocenters. The number of aryl methyl sites for hydroxylation is 1. The number of aliphatic hydroxyl groups is 1. The van der Waals surface area contributed by atoms with E-state index in [1.807, 2.05) is 19.1 Å². The second kappa shape index (κ2) is 4.90. The molecular formula is C10H15O4P. The SMILES string of the molecule is COP(=O)(OC)[C@H](O)c1ccc(C)cc1. The fourth-order valence-corrected chi connectivity index (χ4v) is 2.28. The lowest BCUT2D eigenvalue weighted by molar-refractivity contribution is 0.176. The Bertz CT molecular complexity index is 352. The zero-order chi connectivity index (χ0) is 11.5. The molecule has 0 saturated heterocycles. The van der Waals surface area contributed by atoms with Crippen LogP contribution in [0.4, 0.5) is 0 Å². The average Bonchev–Trinajstić information content (AvgIpc) is 2.28. The summed E-state index contributed by atoms with van der Waals surface area (Å²) in [6, 6.07) is 7.05. The molecule has 0 aliphatic rings. The van der Waals surface area contributed by atoms with Gasteiger partial charge < -0.3 is 14.2 Å². The molecule has 1 aromatic rings. The minimum Gasteiger partial charge on any atom is -0.376 e. The molecule has 15 heavy (non-hydrogen) atoms. The van der Waals surface area contributed by atoms with Crippen LogP contribution in [0.1, 0.15) is 17.0 Å². The molecule has 0 aliphatic carbocycles. The van der Waals surface area contributed by atoms with E-state index in [2.05, 4.69) is 0 Å². The van der Waals surface area contributed by atoms with E-state index in [4.69, 9.17) is 9.05 Å². The van der Waals surface area contributed by atoms with E-state index in [1.54, 1.807) is 12.1 Å². The quantitative estimate of drug-likeness (QED) is 0.807. The predicted molar refractivity (Wildman–Crippen MR) is 57.8 cm³/mol. The first kappa shape index (κ1) is 12.4. The van der Waals surface area contributed by atoms with Crippen molar-refractivity contribution in [3.05, 3.63) is 35.4 Å². The van der Waals surface area contributed by atoms with Crippen molar-refractivity contribution >= 4 is 7.60 Å². The van der Waals surface area contributed by atoms with Gasteiger partial charge in [-0.05, 0) is 12.5 Å². The van der Waals surface area contributed by atoms with Gasteiger partial charge in [0.15, 0.2) is 5.85 Å². The molecule has 0 aliphatic heterocycles. The summed E-state index contributed by atoms with van der Waals surface area (Å²) in [7, 11) is -0.950. The molecular weight excluding hydrogens is 215 g/mol. The molecule has 5 heteroatoms. The molecule has 1 aromatic carbocycles. The molecule has 0 aromatic heterocycles. The minimum absolute atomic E-state index is 0.521. The summed E-state index contributed by atoms with van der Waals surface area (Å²) in [6.07, 6.45) is 0. The lowest BCUT2D eigenvalue weighted by atomic mass is 10.2. The van der Waals surface area contributed by atoms with Crippen LogP contribution < -0.4 is 0 Å². The van der Waals surface area contributed by atoms with Crippen LogP contribution in [0.2, 0.25) is 0 Å². The van der Waals surface area contributed by atoms with Crippen LogP contribution in [0.3, 0.4) is 0 Å². The Labute approximate surface area is 89.4 Å². The Hall–Kier alpha value is -0.670. The van der Waals surface area contributed by atoms with Crippen LogP contribution in [0.15, 0.2) is 24.3 Å². The molecule has 0 fully saturated rings. The van der Waals surface area contributed by atoms with Crippen LogP contribution >= 0.6 is 7.60 Å². The lowest BCUT2D eigenvalue weighted by Crippen LogP contribution is -2.02. The lowest BCUT2D eigenvalue weighted by Gasteiger charge is -2.19. The van der Waals surface area contributed by atoms with Gasteiger partial charge in [-0.25, -0.2) is 0 Å². The van der Waals surface area contributed by atoms with E-state index in [-0.39, 0.29) is 0 Å². The fourth-order valence-electron chi connectivity index (χ4n) is 1.20. The molecule has 0 radical (unpaired) electrons. The number of aliphatic hydroxyl groups excluding tert-OH is 1. The van der Waals surface area contributed by atoms with Crippen LogP contribution in [0.25, 0.3) is 0 Å². The summed E-state index contributed by atoms with van der Waals surface area (Å²) in [5, 5.41) is 9.82. The normalized spacial score (nSPS) is 13.9. The van der Waals surface area contributed by atoms with Crippen LogP contribution in [0.5, 0.6) is 0 Å². The number of rotatable bonds is 4. The first-order valence-corrected chi connectivity index (χ1v) is 6.10. The van der Waals surface area contributed by atoms with Crippen molar-refractivity contribution < 1.29 is 18.7 Å². The summed E-state index contributed by atoms with van der Waals surface area (Å²) in [4.78, 5) is 0. The van der Waals surface area contributed by atoms with E-state index in [0.717, 1.165) is 5.56 Å². The van der Waals surface area contributed by atoms with Crippen molar-refractivity contribution in [2.75, 3.05) is 14.2 Å². The smallest absolute Gasteiger partial charge is 0.362 e. The summed E-state index contributed by atoms with van der Waals surface area (Å²) in [6.45, 7) is 1.93. The van der Waals surface area contributed by atoms with Crippen LogP contribution in [0, 0.1) is 6.92 Å². The maximum Gasteiger partial charge on any atom is 0.362 e. The van der Waals surface area contributed by atoms with Crippen molar-refractivity contribution in [2.45, 2.75) is 12.8 Å².